The minimum atomic E-state index is -0.372. The van der Waals surface area contributed by atoms with Crippen molar-refractivity contribution in [2.24, 2.45) is 0 Å². The van der Waals surface area contributed by atoms with Crippen LogP contribution in [-0.4, -0.2) is 19.0 Å². The van der Waals surface area contributed by atoms with E-state index in [1.807, 2.05) is 0 Å². The summed E-state index contributed by atoms with van der Waals surface area (Å²) in [5.74, 6) is 1.24. The normalized spacial score (nSPS) is 10.6. The quantitative estimate of drug-likeness (QED) is 0.464. The number of ether oxygens (including phenoxy) is 2. The molecular weight excluding hydrogens is 312 g/mol. The number of unbranched alkanes of at least 4 members (excludes halogenated alkanes) is 1. The van der Waals surface area contributed by atoms with Crippen LogP contribution in [0.15, 0.2) is 33.5 Å². The Labute approximate surface area is 119 Å². The topological polar surface area (TPSA) is 48.7 Å². The van der Waals surface area contributed by atoms with Crippen molar-refractivity contribution in [3.63, 3.8) is 0 Å². The molecule has 19 heavy (non-hydrogen) atoms. The molecule has 0 aliphatic heterocycles. The Kier molecular flexibility index (Phi) is 4.85. The lowest BCUT2D eigenvalue weighted by atomic mass is 10.2. The highest BCUT2D eigenvalue weighted by molar-refractivity contribution is 9.09. The maximum Gasteiger partial charge on any atom is 0.336 e. The van der Waals surface area contributed by atoms with Crippen molar-refractivity contribution in [2.45, 2.75) is 12.8 Å². The number of hydrogen-bond acceptors (Lipinski definition) is 4. The van der Waals surface area contributed by atoms with E-state index in [2.05, 4.69) is 15.9 Å². The summed E-state index contributed by atoms with van der Waals surface area (Å²) in [4.78, 5) is 11.2. The molecule has 2 aromatic rings. The van der Waals surface area contributed by atoms with Gasteiger partial charge in [-0.25, -0.2) is 4.79 Å². The molecule has 1 heterocycles. The largest absolute Gasteiger partial charge is 0.493 e. The number of benzene rings is 1. The van der Waals surface area contributed by atoms with Crippen LogP contribution in [0.25, 0.3) is 11.0 Å². The van der Waals surface area contributed by atoms with Crippen molar-refractivity contribution in [1.29, 1.82) is 0 Å². The first-order chi connectivity index (χ1) is 9.24. The van der Waals surface area contributed by atoms with E-state index in [1.54, 1.807) is 25.3 Å². The van der Waals surface area contributed by atoms with Gasteiger partial charge in [-0.05, 0) is 25.0 Å². The highest BCUT2D eigenvalue weighted by Gasteiger charge is 2.08. The van der Waals surface area contributed by atoms with E-state index >= 15 is 0 Å². The van der Waals surface area contributed by atoms with Crippen molar-refractivity contribution < 1.29 is 13.9 Å². The minimum Gasteiger partial charge on any atom is -0.493 e. The summed E-state index contributed by atoms with van der Waals surface area (Å²) in [7, 11) is 1.59. The van der Waals surface area contributed by atoms with Crippen molar-refractivity contribution in [3.05, 3.63) is 34.7 Å². The minimum absolute atomic E-state index is 0.372. The lowest BCUT2D eigenvalue weighted by molar-refractivity contribution is 0.289. The first kappa shape index (κ1) is 13.9. The number of alkyl halides is 1. The molecule has 102 valence electrons. The Bertz CT molecular complexity index is 606. The van der Waals surface area contributed by atoms with Crippen molar-refractivity contribution in [1.82, 2.24) is 0 Å². The third-order valence-corrected chi connectivity index (χ3v) is 3.25. The van der Waals surface area contributed by atoms with Crippen LogP contribution in [0.5, 0.6) is 11.5 Å². The lowest BCUT2D eigenvalue weighted by Crippen LogP contribution is -2.01. The monoisotopic (exact) mass is 326 g/mol. The molecule has 0 aliphatic rings. The fraction of sp³-hybridized carbons (Fsp3) is 0.357. The van der Waals surface area contributed by atoms with Gasteiger partial charge in [0.05, 0.1) is 13.7 Å². The molecule has 0 spiro atoms. The summed E-state index contributed by atoms with van der Waals surface area (Å²) in [6.07, 6.45) is 2.00. The zero-order valence-corrected chi connectivity index (χ0v) is 12.2. The number of halogens is 1. The lowest BCUT2D eigenvalue weighted by Gasteiger charge is -2.11. The van der Waals surface area contributed by atoms with Gasteiger partial charge in [-0.2, -0.15) is 0 Å². The molecule has 5 heteroatoms. The van der Waals surface area contributed by atoms with Crippen LogP contribution in [0.4, 0.5) is 0 Å². The summed E-state index contributed by atoms with van der Waals surface area (Å²) in [5.41, 5.74) is 0.131. The second-order valence-electron chi connectivity index (χ2n) is 4.04. The van der Waals surface area contributed by atoms with Gasteiger partial charge >= 0.3 is 5.63 Å². The van der Waals surface area contributed by atoms with Crippen molar-refractivity contribution >= 4 is 26.9 Å². The van der Waals surface area contributed by atoms with Crippen molar-refractivity contribution in [2.75, 3.05) is 19.0 Å². The molecule has 0 radical (unpaired) electrons. The van der Waals surface area contributed by atoms with E-state index in [0.717, 1.165) is 23.6 Å². The predicted octanol–water partition coefficient (Wildman–Crippen LogP) is 3.36. The highest BCUT2D eigenvalue weighted by Crippen LogP contribution is 2.31. The molecule has 0 unspecified atom stereocenters. The molecule has 0 saturated carbocycles. The molecule has 2 rings (SSSR count). The van der Waals surface area contributed by atoms with E-state index < -0.39 is 0 Å². The van der Waals surface area contributed by atoms with Gasteiger partial charge in [0.25, 0.3) is 0 Å². The van der Waals surface area contributed by atoms with Crippen LogP contribution in [0.3, 0.4) is 0 Å². The fourth-order valence-electron chi connectivity index (χ4n) is 1.73. The summed E-state index contributed by atoms with van der Waals surface area (Å²) in [5, 5.41) is 1.77. The summed E-state index contributed by atoms with van der Waals surface area (Å²) in [6.45, 7) is 0.602. The van der Waals surface area contributed by atoms with E-state index in [0.29, 0.717) is 23.7 Å². The number of rotatable bonds is 6. The Morgan fingerprint density at radius 3 is 2.79 bits per heavy atom. The molecule has 1 aromatic heterocycles. The standard InChI is InChI=1S/C14H15BrO4/c1-17-12-8-10-4-5-14(16)19-11(10)9-13(12)18-7-3-2-6-15/h4-5,8-9H,2-3,6-7H2,1H3. The first-order valence-corrected chi connectivity index (χ1v) is 7.17. The Balaban J connectivity index is 2.27. The first-order valence-electron chi connectivity index (χ1n) is 6.05. The average molecular weight is 327 g/mol. The molecule has 0 N–H and O–H groups in total. The molecule has 1 aromatic carbocycles. The van der Waals surface area contributed by atoms with Gasteiger partial charge in [0.2, 0.25) is 0 Å². The van der Waals surface area contributed by atoms with Gasteiger partial charge in [0, 0.05) is 22.8 Å². The van der Waals surface area contributed by atoms with Gasteiger partial charge in [-0.3, -0.25) is 0 Å². The van der Waals surface area contributed by atoms with E-state index in [-0.39, 0.29) is 5.63 Å². The molecule has 0 bridgehead atoms. The van der Waals surface area contributed by atoms with Crippen LogP contribution < -0.4 is 15.1 Å². The SMILES string of the molecule is COc1cc2ccc(=O)oc2cc1OCCCCBr. The molecule has 0 saturated heterocycles. The molecular formula is C14H15BrO4. The van der Waals surface area contributed by atoms with Crippen LogP contribution in [0, 0.1) is 0 Å². The molecule has 0 atom stereocenters. The fourth-order valence-corrected chi connectivity index (χ4v) is 2.12. The Morgan fingerprint density at radius 2 is 2.05 bits per heavy atom. The van der Waals surface area contributed by atoms with E-state index in [9.17, 15) is 4.79 Å². The average Bonchev–Trinajstić information content (AvgIpc) is 2.42. The predicted molar refractivity (Wildman–Crippen MR) is 77.6 cm³/mol. The van der Waals surface area contributed by atoms with Gasteiger partial charge in [-0.15, -0.1) is 0 Å². The second-order valence-corrected chi connectivity index (χ2v) is 4.83. The van der Waals surface area contributed by atoms with Gasteiger partial charge in [0.1, 0.15) is 5.58 Å². The van der Waals surface area contributed by atoms with Gasteiger partial charge in [-0.1, -0.05) is 15.9 Å². The Morgan fingerprint density at radius 1 is 1.21 bits per heavy atom. The summed E-state index contributed by atoms with van der Waals surface area (Å²) in [6, 6.07) is 6.60. The molecule has 0 aliphatic carbocycles. The van der Waals surface area contributed by atoms with Gasteiger partial charge < -0.3 is 13.9 Å². The highest BCUT2D eigenvalue weighted by atomic mass is 79.9. The van der Waals surface area contributed by atoms with E-state index in [4.69, 9.17) is 13.9 Å². The smallest absolute Gasteiger partial charge is 0.336 e. The number of fused-ring (bicyclic) bond motifs is 1. The Hall–Kier alpha value is -1.49. The van der Waals surface area contributed by atoms with Gasteiger partial charge in [0.15, 0.2) is 11.5 Å². The van der Waals surface area contributed by atoms with E-state index in [1.165, 1.54) is 6.07 Å². The van der Waals surface area contributed by atoms with Crippen LogP contribution in [0.1, 0.15) is 12.8 Å². The number of hydrogen-bond donors (Lipinski definition) is 0. The maximum absolute atomic E-state index is 11.2. The second kappa shape index (κ2) is 6.61. The van der Waals surface area contributed by atoms with Crippen LogP contribution in [-0.2, 0) is 0 Å². The van der Waals surface area contributed by atoms with Crippen LogP contribution in [0.2, 0.25) is 0 Å². The summed E-state index contributed by atoms with van der Waals surface area (Å²) >= 11 is 3.37. The molecule has 4 nitrogen and oxygen atoms in total. The number of methoxy groups -OCH3 is 1. The molecule has 0 fully saturated rings. The van der Waals surface area contributed by atoms with Crippen molar-refractivity contribution in [3.8, 4) is 11.5 Å². The third kappa shape index (κ3) is 3.50. The molecule has 0 amide bonds. The zero-order valence-electron chi connectivity index (χ0n) is 10.6. The third-order valence-electron chi connectivity index (χ3n) is 2.69. The zero-order chi connectivity index (χ0) is 13.7. The maximum atomic E-state index is 11.2. The summed E-state index contributed by atoms with van der Waals surface area (Å²) < 4.78 is 16.1. The van der Waals surface area contributed by atoms with Crippen LogP contribution >= 0.6 is 15.9 Å².